The van der Waals surface area contributed by atoms with Crippen molar-refractivity contribution in [2.24, 2.45) is 0 Å². The van der Waals surface area contributed by atoms with Crippen molar-refractivity contribution in [2.45, 2.75) is 19.4 Å². The molecule has 1 atom stereocenters. The summed E-state index contributed by atoms with van der Waals surface area (Å²) in [5.74, 6) is 0.538. The van der Waals surface area contributed by atoms with Crippen molar-refractivity contribution in [3.63, 3.8) is 0 Å². The maximum atomic E-state index is 12.2. The quantitative estimate of drug-likeness (QED) is 0.623. The molecule has 0 unspecified atom stereocenters. The lowest BCUT2D eigenvalue weighted by atomic mass is 9.95. The average molecular weight is 283 g/mol. The van der Waals surface area contributed by atoms with Gasteiger partial charge in [-0.3, -0.25) is 14.9 Å². The Morgan fingerprint density at radius 2 is 2.05 bits per heavy atom. The van der Waals surface area contributed by atoms with Gasteiger partial charge in [0, 0.05) is 12.1 Å². The summed E-state index contributed by atoms with van der Waals surface area (Å²) in [4.78, 5) is 22.6. The number of hydrogen-bond donors (Lipinski definition) is 0. The van der Waals surface area contributed by atoms with Crippen LogP contribution in [0.4, 0.5) is 5.69 Å². The second-order valence-electron chi connectivity index (χ2n) is 5.09. The number of aryl methyl sites for hydroxylation is 1. The van der Waals surface area contributed by atoms with E-state index in [1.165, 1.54) is 12.1 Å². The van der Waals surface area contributed by atoms with Gasteiger partial charge < -0.3 is 4.74 Å². The maximum Gasteiger partial charge on any atom is 0.269 e. The summed E-state index contributed by atoms with van der Waals surface area (Å²) in [5.41, 5.74) is 2.21. The van der Waals surface area contributed by atoms with Crippen LogP contribution in [0, 0.1) is 17.0 Å². The third-order valence-corrected chi connectivity index (χ3v) is 3.53. The van der Waals surface area contributed by atoms with E-state index in [-0.39, 0.29) is 17.9 Å². The minimum atomic E-state index is -0.480. The lowest BCUT2D eigenvalue weighted by Gasteiger charge is -2.25. The van der Waals surface area contributed by atoms with Crippen LogP contribution in [-0.2, 0) is 0 Å². The molecular formula is C16H13NO4. The second-order valence-corrected chi connectivity index (χ2v) is 5.09. The molecular weight excluding hydrogens is 270 g/mol. The van der Waals surface area contributed by atoms with E-state index >= 15 is 0 Å². The van der Waals surface area contributed by atoms with Crippen LogP contribution in [0.25, 0.3) is 0 Å². The highest BCUT2D eigenvalue weighted by Gasteiger charge is 2.28. The van der Waals surface area contributed by atoms with Crippen LogP contribution >= 0.6 is 0 Å². The van der Waals surface area contributed by atoms with Crippen molar-refractivity contribution in [1.82, 2.24) is 0 Å². The van der Waals surface area contributed by atoms with Crippen molar-refractivity contribution in [2.75, 3.05) is 0 Å². The Balaban J connectivity index is 1.97. The summed E-state index contributed by atoms with van der Waals surface area (Å²) in [7, 11) is 0. The maximum absolute atomic E-state index is 12.2. The molecule has 3 rings (SSSR count). The Hall–Kier alpha value is -2.69. The molecule has 2 aromatic carbocycles. The van der Waals surface area contributed by atoms with Crippen LogP contribution < -0.4 is 4.74 Å². The highest BCUT2D eigenvalue weighted by molar-refractivity contribution is 6.00. The largest absolute Gasteiger partial charge is 0.484 e. The highest BCUT2D eigenvalue weighted by Crippen LogP contribution is 2.36. The van der Waals surface area contributed by atoms with Gasteiger partial charge in [-0.2, -0.15) is 0 Å². The predicted octanol–water partition coefficient (Wildman–Crippen LogP) is 3.61. The minimum Gasteiger partial charge on any atom is -0.484 e. The first-order chi connectivity index (χ1) is 10.0. The van der Waals surface area contributed by atoms with Crippen LogP contribution in [0.5, 0.6) is 5.75 Å². The molecule has 0 amide bonds. The summed E-state index contributed by atoms with van der Waals surface area (Å²) in [6, 6.07) is 11.7. The Bertz CT molecular complexity index is 739. The zero-order valence-electron chi connectivity index (χ0n) is 11.4. The number of ketones is 1. The molecule has 0 N–H and O–H groups in total. The number of nitro groups is 1. The van der Waals surface area contributed by atoms with Gasteiger partial charge in [0.2, 0.25) is 0 Å². The van der Waals surface area contributed by atoms with E-state index in [0.717, 1.165) is 5.56 Å². The fourth-order valence-corrected chi connectivity index (χ4v) is 2.46. The molecule has 2 aromatic rings. The monoisotopic (exact) mass is 283 g/mol. The van der Waals surface area contributed by atoms with Crippen molar-refractivity contribution in [3.05, 3.63) is 69.3 Å². The number of ether oxygens (including phenoxy) is 1. The molecule has 0 saturated carbocycles. The first kappa shape index (κ1) is 13.3. The van der Waals surface area contributed by atoms with Gasteiger partial charge in [-0.15, -0.1) is 0 Å². The molecule has 21 heavy (non-hydrogen) atoms. The molecule has 0 spiro atoms. The number of carbonyl (C=O) groups is 1. The molecule has 1 heterocycles. The summed E-state index contributed by atoms with van der Waals surface area (Å²) in [6.07, 6.45) is -0.288. The number of nitrogens with zero attached hydrogens (tertiary/aromatic N) is 1. The summed E-state index contributed by atoms with van der Waals surface area (Å²) < 4.78 is 5.86. The number of hydrogen-bond acceptors (Lipinski definition) is 4. The first-order valence-corrected chi connectivity index (χ1v) is 6.59. The van der Waals surface area contributed by atoms with E-state index in [1.807, 2.05) is 19.1 Å². The average Bonchev–Trinajstić information content (AvgIpc) is 2.46. The SMILES string of the molecule is Cc1ccc2c(c1)O[C@H](c1cccc([N+](=O)[O-])c1)CC2=O. The molecule has 0 aliphatic carbocycles. The summed E-state index contributed by atoms with van der Waals surface area (Å²) >= 11 is 0. The fourth-order valence-electron chi connectivity index (χ4n) is 2.46. The fraction of sp³-hybridized carbons (Fsp3) is 0.188. The van der Waals surface area contributed by atoms with Gasteiger partial charge >= 0.3 is 0 Å². The van der Waals surface area contributed by atoms with Crippen LogP contribution in [0.3, 0.4) is 0 Å². The summed E-state index contributed by atoms with van der Waals surface area (Å²) in [6.45, 7) is 1.92. The number of benzene rings is 2. The molecule has 1 aliphatic heterocycles. The zero-order valence-corrected chi connectivity index (χ0v) is 11.4. The van der Waals surface area contributed by atoms with E-state index < -0.39 is 11.0 Å². The van der Waals surface area contributed by atoms with Gasteiger partial charge in [0.25, 0.3) is 5.69 Å². The van der Waals surface area contributed by atoms with E-state index in [2.05, 4.69) is 0 Å². The van der Waals surface area contributed by atoms with Crippen molar-refractivity contribution in [3.8, 4) is 5.75 Å². The molecule has 1 aliphatic rings. The Labute approximate surface area is 121 Å². The van der Waals surface area contributed by atoms with E-state index in [0.29, 0.717) is 16.9 Å². The molecule has 0 bridgehead atoms. The predicted molar refractivity (Wildman–Crippen MR) is 76.6 cm³/mol. The van der Waals surface area contributed by atoms with Gasteiger partial charge in [-0.25, -0.2) is 0 Å². The third-order valence-electron chi connectivity index (χ3n) is 3.53. The van der Waals surface area contributed by atoms with E-state index in [4.69, 9.17) is 4.74 Å². The highest BCUT2D eigenvalue weighted by atomic mass is 16.6. The smallest absolute Gasteiger partial charge is 0.269 e. The van der Waals surface area contributed by atoms with Gasteiger partial charge in [0.15, 0.2) is 5.78 Å². The Kier molecular flexibility index (Phi) is 3.17. The lowest BCUT2D eigenvalue weighted by Crippen LogP contribution is -2.20. The van der Waals surface area contributed by atoms with Crippen LogP contribution in [-0.4, -0.2) is 10.7 Å². The van der Waals surface area contributed by atoms with Crippen LogP contribution in [0.15, 0.2) is 42.5 Å². The van der Waals surface area contributed by atoms with Crippen molar-refractivity contribution < 1.29 is 14.5 Å². The third kappa shape index (κ3) is 2.50. The molecule has 5 heteroatoms. The van der Waals surface area contributed by atoms with Gasteiger partial charge in [0.05, 0.1) is 16.9 Å². The van der Waals surface area contributed by atoms with Gasteiger partial charge in [-0.1, -0.05) is 18.2 Å². The van der Waals surface area contributed by atoms with Crippen molar-refractivity contribution >= 4 is 11.5 Å². The molecule has 0 fully saturated rings. The normalized spacial score (nSPS) is 17.0. The Morgan fingerprint density at radius 1 is 1.24 bits per heavy atom. The summed E-state index contributed by atoms with van der Waals surface area (Å²) in [5, 5.41) is 10.8. The topological polar surface area (TPSA) is 69.4 Å². The Morgan fingerprint density at radius 3 is 2.81 bits per heavy atom. The lowest BCUT2D eigenvalue weighted by molar-refractivity contribution is -0.385. The number of carbonyl (C=O) groups excluding carboxylic acids is 1. The number of fused-ring (bicyclic) bond motifs is 1. The van der Waals surface area contributed by atoms with Gasteiger partial charge in [0.1, 0.15) is 11.9 Å². The van der Waals surface area contributed by atoms with Crippen LogP contribution in [0.1, 0.15) is 34.0 Å². The standard InChI is InChI=1S/C16H13NO4/c1-10-5-6-13-14(18)9-15(21-16(13)7-10)11-3-2-4-12(8-11)17(19)20/h2-8,15H,9H2,1H3/t15-/m0/s1. The van der Waals surface area contributed by atoms with Gasteiger partial charge in [-0.05, 0) is 30.2 Å². The number of nitro benzene ring substituents is 1. The van der Waals surface area contributed by atoms with E-state index in [1.54, 1.807) is 18.2 Å². The number of rotatable bonds is 2. The molecule has 0 saturated heterocycles. The minimum absolute atomic E-state index is 0.00131. The van der Waals surface area contributed by atoms with Crippen LogP contribution in [0.2, 0.25) is 0 Å². The molecule has 0 radical (unpaired) electrons. The van der Waals surface area contributed by atoms with Crippen molar-refractivity contribution in [1.29, 1.82) is 0 Å². The number of Topliss-reactive ketones (excluding diaryl/α,β-unsaturated/α-hetero) is 1. The second kappa shape index (κ2) is 5.01. The first-order valence-electron chi connectivity index (χ1n) is 6.59. The number of non-ortho nitro benzene ring substituents is 1. The molecule has 106 valence electrons. The van der Waals surface area contributed by atoms with E-state index in [9.17, 15) is 14.9 Å². The molecule has 5 nitrogen and oxygen atoms in total. The molecule has 0 aromatic heterocycles. The zero-order chi connectivity index (χ0) is 15.0.